The van der Waals surface area contributed by atoms with E-state index in [4.69, 9.17) is 4.42 Å². The normalized spacial score (nSPS) is 11.6. The van der Waals surface area contributed by atoms with Crippen LogP contribution in [0.5, 0.6) is 0 Å². The molecule has 2 nitrogen and oxygen atoms in total. The fourth-order valence-electron chi connectivity index (χ4n) is 8.14. The van der Waals surface area contributed by atoms with Gasteiger partial charge in [-0.05, 0) is 111 Å². The first-order chi connectivity index (χ1) is 27.2. The average molecular weight is 720 g/mol. The Balaban J connectivity index is 1.06. The molecule has 0 aliphatic rings. The molecular weight excluding hydrogens is 687 g/mol. The van der Waals surface area contributed by atoms with E-state index < -0.39 is 0 Å². The lowest BCUT2D eigenvalue weighted by molar-refractivity contribution is 0.669. The molecule has 0 radical (unpaired) electrons. The monoisotopic (exact) mass is 719 g/mol. The molecule has 11 aromatic rings. The van der Waals surface area contributed by atoms with Crippen molar-refractivity contribution in [2.24, 2.45) is 0 Å². The molecule has 0 bridgehead atoms. The van der Waals surface area contributed by atoms with E-state index in [1.807, 2.05) is 23.5 Å². The van der Waals surface area contributed by atoms with Crippen molar-refractivity contribution in [3.8, 4) is 33.4 Å². The fraction of sp³-hybridized carbons (Fsp3) is 0. The first-order valence-corrected chi connectivity index (χ1v) is 19.5. The summed E-state index contributed by atoms with van der Waals surface area (Å²) in [5.41, 5.74) is 12.0. The molecule has 55 heavy (non-hydrogen) atoms. The number of hydrogen-bond donors (Lipinski definition) is 0. The van der Waals surface area contributed by atoms with Crippen LogP contribution in [-0.4, -0.2) is 0 Å². The van der Waals surface area contributed by atoms with Crippen molar-refractivity contribution in [1.29, 1.82) is 0 Å². The average Bonchev–Trinajstić information content (AvgIpc) is 3.82. The third-order valence-corrected chi connectivity index (χ3v) is 12.0. The number of nitrogens with zero attached hydrogens (tertiary/aromatic N) is 1. The van der Waals surface area contributed by atoms with Gasteiger partial charge in [-0.2, -0.15) is 0 Å². The number of benzene rings is 9. The van der Waals surface area contributed by atoms with Gasteiger partial charge in [-0.3, -0.25) is 0 Å². The molecule has 0 atom stereocenters. The molecule has 11 rings (SSSR count). The summed E-state index contributed by atoms with van der Waals surface area (Å²) in [4.78, 5) is 2.39. The minimum absolute atomic E-state index is 0.887. The van der Waals surface area contributed by atoms with Crippen LogP contribution < -0.4 is 4.90 Å². The summed E-state index contributed by atoms with van der Waals surface area (Å²) in [6.07, 6.45) is 0. The highest BCUT2D eigenvalue weighted by molar-refractivity contribution is 7.25. The molecule has 0 N–H and O–H groups in total. The van der Waals surface area contributed by atoms with E-state index in [0.717, 1.165) is 50.1 Å². The number of hydrogen-bond acceptors (Lipinski definition) is 3. The van der Waals surface area contributed by atoms with Crippen molar-refractivity contribution in [3.63, 3.8) is 0 Å². The van der Waals surface area contributed by atoms with Crippen LogP contribution in [0.15, 0.2) is 205 Å². The zero-order valence-corrected chi connectivity index (χ0v) is 30.6. The van der Waals surface area contributed by atoms with Gasteiger partial charge < -0.3 is 9.32 Å². The Morgan fingerprint density at radius 3 is 1.95 bits per heavy atom. The Morgan fingerprint density at radius 1 is 0.345 bits per heavy atom. The lowest BCUT2D eigenvalue weighted by Crippen LogP contribution is -2.11. The second-order valence-electron chi connectivity index (χ2n) is 14.1. The molecule has 0 unspecified atom stereocenters. The minimum atomic E-state index is 0.887. The molecule has 3 heteroatoms. The summed E-state index contributed by atoms with van der Waals surface area (Å²) in [6, 6.07) is 72.4. The summed E-state index contributed by atoms with van der Waals surface area (Å²) in [7, 11) is 0. The maximum atomic E-state index is 6.37. The first kappa shape index (κ1) is 31.6. The SMILES string of the molecule is c1cc(-c2ccc3sc4ccccc4c3c2)cc(N(c2ccc(-c3ccc4ccccc4c3)cc2)c2ccccc2-c2ccc3c(c2)oc2ccccc23)c1. The Hall–Kier alpha value is -6.94. The molecule has 258 valence electrons. The minimum Gasteiger partial charge on any atom is -0.456 e. The van der Waals surface area contributed by atoms with Crippen molar-refractivity contribution in [2.45, 2.75) is 0 Å². The molecule has 0 aliphatic heterocycles. The van der Waals surface area contributed by atoms with Crippen LogP contribution in [0.4, 0.5) is 17.1 Å². The van der Waals surface area contributed by atoms with Gasteiger partial charge in [0.05, 0.1) is 5.69 Å². The summed E-state index contributed by atoms with van der Waals surface area (Å²) in [5.74, 6) is 0. The summed E-state index contributed by atoms with van der Waals surface area (Å²) >= 11 is 1.85. The molecule has 2 aromatic heterocycles. The predicted molar refractivity (Wildman–Crippen MR) is 235 cm³/mol. The Morgan fingerprint density at radius 2 is 1.02 bits per heavy atom. The topological polar surface area (TPSA) is 16.4 Å². The molecule has 0 aliphatic carbocycles. The Bertz CT molecular complexity index is 3220. The van der Waals surface area contributed by atoms with E-state index in [1.165, 1.54) is 53.2 Å². The molecule has 9 aromatic carbocycles. The molecule has 0 amide bonds. The van der Waals surface area contributed by atoms with Crippen LogP contribution >= 0.6 is 11.3 Å². The van der Waals surface area contributed by atoms with Gasteiger partial charge in [-0.25, -0.2) is 0 Å². The van der Waals surface area contributed by atoms with Crippen molar-refractivity contribution in [2.75, 3.05) is 4.90 Å². The number of thiophene rings is 1. The zero-order valence-electron chi connectivity index (χ0n) is 29.8. The quantitative estimate of drug-likeness (QED) is 0.170. The molecule has 0 saturated carbocycles. The molecule has 0 spiro atoms. The Labute approximate surface area is 322 Å². The van der Waals surface area contributed by atoms with Crippen LogP contribution in [0.25, 0.3) is 86.3 Å². The first-order valence-electron chi connectivity index (χ1n) is 18.7. The van der Waals surface area contributed by atoms with Crippen LogP contribution in [0.3, 0.4) is 0 Å². The van der Waals surface area contributed by atoms with Crippen LogP contribution in [0.1, 0.15) is 0 Å². The highest BCUT2D eigenvalue weighted by Crippen LogP contribution is 2.44. The van der Waals surface area contributed by atoms with Crippen molar-refractivity contribution in [1.82, 2.24) is 0 Å². The lowest BCUT2D eigenvalue weighted by atomic mass is 9.98. The number of furan rings is 1. The van der Waals surface area contributed by atoms with Gasteiger partial charge in [0.1, 0.15) is 11.2 Å². The molecular formula is C52H33NOS. The van der Waals surface area contributed by atoms with Gasteiger partial charge in [-0.1, -0.05) is 127 Å². The summed E-state index contributed by atoms with van der Waals surface area (Å²) in [5, 5.41) is 7.36. The van der Waals surface area contributed by atoms with Gasteiger partial charge in [0.25, 0.3) is 0 Å². The van der Waals surface area contributed by atoms with Crippen molar-refractivity contribution >= 4 is 81.3 Å². The maximum Gasteiger partial charge on any atom is 0.136 e. The van der Waals surface area contributed by atoms with E-state index in [-0.39, 0.29) is 0 Å². The molecule has 2 heterocycles. The van der Waals surface area contributed by atoms with Crippen LogP contribution in [0, 0.1) is 0 Å². The van der Waals surface area contributed by atoms with Gasteiger partial charge in [0.15, 0.2) is 0 Å². The summed E-state index contributed by atoms with van der Waals surface area (Å²) < 4.78 is 9.00. The van der Waals surface area contributed by atoms with E-state index in [2.05, 4.69) is 193 Å². The van der Waals surface area contributed by atoms with Gasteiger partial charge in [0, 0.05) is 47.9 Å². The van der Waals surface area contributed by atoms with Crippen LogP contribution in [-0.2, 0) is 0 Å². The smallest absolute Gasteiger partial charge is 0.136 e. The van der Waals surface area contributed by atoms with Crippen molar-refractivity contribution in [3.05, 3.63) is 200 Å². The van der Waals surface area contributed by atoms with Crippen molar-refractivity contribution < 1.29 is 4.42 Å². The summed E-state index contributed by atoms with van der Waals surface area (Å²) in [6.45, 7) is 0. The number of rotatable bonds is 6. The zero-order chi connectivity index (χ0) is 36.3. The molecule has 0 fully saturated rings. The van der Waals surface area contributed by atoms with Gasteiger partial charge in [-0.15, -0.1) is 11.3 Å². The number of fused-ring (bicyclic) bond motifs is 7. The van der Waals surface area contributed by atoms with E-state index >= 15 is 0 Å². The number of para-hydroxylation sites is 2. The van der Waals surface area contributed by atoms with E-state index in [0.29, 0.717) is 0 Å². The molecule has 0 saturated heterocycles. The predicted octanol–water partition coefficient (Wildman–Crippen LogP) is 15.6. The van der Waals surface area contributed by atoms with Gasteiger partial charge in [0.2, 0.25) is 0 Å². The van der Waals surface area contributed by atoms with E-state index in [9.17, 15) is 0 Å². The second kappa shape index (κ2) is 12.9. The van der Waals surface area contributed by atoms with E-state index in [1.54, 1.807) is 0 Å². The third-order valence-electron chi connectivity index (χ3n) is 10.9. The second-order valence-corrected chi connectivity index (χ2v) is 15.2. The highest BCUT2D eigenvalue weighted by atomic mass is 32.1. The standard InChI is InChI=1S/C52H33NOS/c1-2-11-36-30-38(21-20-34(36)10-1)35-22-26-41(27-23-35)53(42-13-9-12-37(31-42)39-25-29-52-47(32-39)46-16-5-8-19-51(46)55-52)48-17-6-3-14-43(48)40-24-28-45-44-15-4-7-18-49(44)54-50(45)33-40/h1-33H. The Kier molecular flexibility index (Phi) is 7.39. The van der Waals surface area contributed by atoms with Crippen LogP contribution in [0.2, 0.25) is 0 Å². The van der Waals surface area contributed by atoms with Gasteiger partial charge >= 0.3 is 0 Å². The lowest BCUT2D eigenvalue weighted by Gasteiger charge is -2.28. The highest BCUT2D eigenvalue weighted by Gasteiger charge is 2.19. The largest absolute Gasteiger partial charge is 0.456 e. The fourth-order valence-corrected chi connectivity index (χ4v) is 9.22. The number of anilines is 3. The third kappa shape index (κ3) is 5.48. The maximum absolute atomic E-state index is 6.37.